The molecule has 0 aromatic heterocycles. The molecule has 2 aromatic carbocycles. The van der Waals surface area contributed by atoms with E-state index in [4.69, 9.17) is 4.74 Å². The quantitative estimate of drug-likeness (QED) is 0.282. The van der Waals surface area contributed by atoms with E-state index in [1.54, 1.807) is 6.08 Å². The zero-order valence-corrected chi connectivity index (χ0v) is 22.4. The number of ether oxygens (including phenoxy) is 1. The van der Waals surface area contributed by atoms with Crippen LogP contribution in [0.5, 0.6) is 0 Å². The summed E-state index contributed by atoms with van der Waals surface area (Å²) in [5, 5.41) is 2.45. The Balaban J connectivity index is 1.33. The van der Waals surface area contributed by atoms with Gasteiger partial charge in [0, 0.05) is 17.9 Å². The van der Waals surface area contributed by atoms with E-state index in [-0.39, 0.29) is 29.4 Å². The number of esters is 1. The number of fused-ring (bicyclic) bond motifs is 1. The van der Waals surface area contributed by atoms with Gasteiger partial charge in [0.1, 0.15) is 23.7 Å². The first-order valence-electron chi connectivity index (χ1n) is 13.1. The van der Waals surface area contributed by atoms with E-state index in [1.807, 2.05) is 60.7 Å². The highest BCUT2D eigenvalue weighted by Crippen LogP contribution is 2.42. The van der Waals surface area contributed by atoms with Crippen LogP contribution in [0.15, 0.2) is 102 Å². The predicted octanol–water partition coefficient (Wildman–Crippen LogP) is 4.73. The van der Waals surface area contributed by atoms with Crippen LogP contribution in [0.2, 0.25) is 0 Å². The number of amides is 2. The molecule has 0 bridgehead atoms. The standard InChI is InChI=1S/C31H31N3O4S/c1-2-12-23-20-39-30-26(33-25(35)19-32-24-17-10-5-11-18-24)29(36)34(30)27(23)31(37)38-28(21-13-6-3-7-14-21)22-15-8-4-9-16-22/h2-10,13-16,26,28,30H,1,11-12,17-20H2,(H,33,35)/t26?,30-/m0/s1. The molecule has 1 aliphatic carbocycles. The highest BCUT2D eigenvalue weighted by atomic mass is 32.2. The molecular weight excluding hydrogens is 510 g/mol. The lowest BCUT2D eigenvalue weighted by molar-refractivity contribution is -0.154. The van der Waals surface area contributed by atoms with Gasteiger partial charge in [0.05, 0.1) is 0 Å². The van der Waals surface area contributed by atoms with Gasteiger partial charge < -0.3 is 10.1 Å². The van der Waals surface area contributed by atoms with E-state index in [1.165, 1.54) is 16.7 Å². The summed E-state index contributed by atoms with van der Waals surface area (Å²) >= 11 is 1.53. The van der Waals surface area contributed by atoms with Gasteiger partial charge in [-0.05, 0) is 36.0 Å². The minimum absolute atomic E-state index is 0.00732. The molecule has 8 heteroatoms. The maximum absolute atomic E-state index is 13.8. The molecule has 2 amide bonds. The van der Waals surface area contributed by atoms with E-state index in [2.05, 4.69) is 29.0 Å². The number of hydrogen-bond donors (Lipinski definition) is 1. The number of rotatable bonds is 9. The first-order chi connectivity index (χ1) is 19.1. The van der Waals surface area contributed by atoms with Crippen molar-refractivity contribution in [2.75, 3.05) is 12.3 Å². The van der Waals surface area contributed by atoms with Crippen molar-refractivity contribution < 1.29 is 19.1 Å². The van der Waals surface area contributed by atoms with Crippen molar-refractivity contribution in [1.29, 1.82) is 0 Å². The molecule has 5 rings (SSSR count). The van der Waals surface area contributed by atoms with Gasteiger partial charge in [-0.1, -0.05) is 78.9 Å². The van der Waals surface area contributed by atoms with Gasteiger partial charge in [0.25, 0.3) is 5.91 Å². The van der Waals surface area contributed by atoms with Crippen molar-refractivity contribution in [3.8, 4) is 0 Å². The average Bonchev–Trinajstić information content (AvgIpc) is 2.98. The number of nitrogens with zero attached hydrogens (tertiary/aromatic N) is 2. The van der Waals surface area contributed by atoms with Crippen molar-refractivity contribution in [2.45, 2.75) is 43.2 Å². The monoisotopic (exact) mass is 541 g/mol. The fourth-order valence-electron chi connectivity index (χ4n) is 4.99. The van der Waals surface area contributed by atoms with Crippen LogP contribution in [0.1, 0.15) is 42.9 Å². The Morgan fingerprint density at radius 2 is 1.79 bits per heavy atom. The normalized spacial score (nSPS) is 21.4. The first kappa shape index (κ1) is 26.7. The highest BCUT2D eigenvalue weighted by Gasteiger charge is 2.54. The second-order valence-electron chi connectivity index (χ2n) is 9.60. The Labute approximate surface area is 232 Å². The van der Waals surface area contributed by atoms with E-state index >= 15 is 0 Å². The number of carbonyl (C=O) groups excluding carboxylic acids is 3. The van der Waals surface area contributed by atoms with Crippen molar-refractivity contribution in [1.82, 2.24) is 10.2 Å². The van der Waals surface area contributed by atoms with Crippen molar-refractivity contribution >= 4 is 35.3 Å². The first-order valence-corrected chi connectivity index (χ1v) is 14.2. The molecular formula is C31H31N3O4S. The minimum Gasteiger partial charge on any atom is -0.448 e. The summed E-state index contributed by atoms with van der Waals surface area (Å²) in [5.41, 5.74) is 3.69. The molecule has 2 aliphatic heterocycles. The number of carbonyl (C=O) groups is 3. The van der Waals surface area contributed by atoms with Gasteiger partial charge >= 0.3 is 5.97 Å². The molecule has 0 radical (unpaired) electrons. The summed E-state index contributed by atoms with van der Waals surface area (Å²) in [4.78, 5) is 45.6. The van der Waals surface area contributed by atoms with Gasteiger partial charge in [-0.2, -0.15) is 0 Å². The van der Waals surface area contributed by atoms with Gasteiger partial charge in [0.2, 0.25) is 5.91 Å². The lowest BCUT2D eigenvalue weighted by Gasteiger charge is -2.49. The van der Waals surface area contributed by atoms with Gasteiger partial charge in [0.15, 0.2) is 6.10 Å². The van der Waals surface area contributed by atoms with Crippen LogP contribution in [-0.4, -0.2) is 52.1 Å². The van der Waals surface area contributed by atoms with Gasteiger partial charge in [-0.3, -0.25) is 19.5 Å². The van der Waals surface area contributed by atoms with Crippen molar-refractivity contribution in [2.24, 2.45) is 4.99 Å². The van der Waals surface area contributed by atoms with E-state index in [9.17, 15) is 14.4 Å². The van der Waals surface area contributed by atoms with Crippen LogP contribution in [0.4, 0.5) is 0 Å². The smallest absolute Gasteiger partial charge is 0.356 e. The van der Waals surface area contributed by atoms with E-state index in [0.717, 1.165) is 41.7 Å². The third kappa shape index (κ3) is 5.91. The summed E-state index contributed by atoms with van der Waals surface area (Å²) in [5.74, 6) is -0.648. The number of nitrogens with one attached hydrogen (secondary N) is 1. The Hall–Kier alpha value is -3.91. The molecule has 1 unspecified atom stereocenters. The van der Waals surface area contributed by atoms with E-state index < -0.39 is 18.1 Å². The molecule has 7 nitrogen and oxygen atoms in total. The largest absolute Gasteiger partial charge is 0.448 e. The zero-order chi connectivity index (χ0) is 27.2. The average molecular weight is 542 g/mol. The van der Waals surface area contributed by atoms with Crippen LogP contribution >= 0.6 is 11.8 Å². The Morgan fingerprint density at radius 1 is 1.10 bits per heavy atom. The third-order valence-electron chi connectivity index (χ3n) is 6.94. The maximum Gasteiger partial charge on any atom is 0.356 e. The van der Waals surface area contributed by atoms with Crippen LogP contribution in [0, 0.1) is 0 Å². The Morgan fingerprint density at radius 3 is 2.41 bits per heavy atom. The van der Waals surface area contributed by atoms with Crippen molar-refractivity contribution in [3.05, 3.63) is 108 Å². The van der Waals surface area contributed by atoms with Gasteiger partial charge in [-0.15, -0.1) is 18.3 Å². The summed E-state index contributed by atoms with van der Waals surface area (Å²) < 4.78 is 6.12. The van der Waals surface area contributed by atoms with E-state index in [0.29, 0.717) is 12.2 Å². The zero-order valence-electron chi connectivity index (χ0n) is 21.6. The molecule has 1 saturated heterocycles. The Kier molecular flexibility index (Phi) is 8.42. The number of benzene rings is 2. The van der Waals surface area contributed by atoms with Crippen LogP contribution in [0.3, 0.4) is 0 Å². The summed E-state index contributed by atoms with van der Waals surface area (Å²) in [6.07, 6.45) is 8.26. The van der Waals surface area contributed by atoms with Crippen LogP contribution in [0.25, 0.3) is 0 Å². The molecule has 1 fully saturated rings. The summed E-state index contributed by atoms with van der Waals surface area (Å²) in [6.45, 7) is 3.82. The fraction of sp³-hybridized carbons (Fsp3) is 0.290. The summed E-state index contributed by atoms with van der Waals surface area (Å²) in [6, 6.07) is 18.4. The van der Waals surface area contributed by atoms with Crippen LogP contribution in [-0.2, 0) is 19.1 Å². The SMILES string of the molecule is C=CCC1=C(C(=O)OC(c2ccccc2)c2ccccc2)N2C(=O)C(NC(=O)CN=C3CC=CCC3)[C@@H]2SC1. The lowest BCUT2D eigenvalue weighted by atomic mass is 10.00. The highest BCUT2D eigenvalue weighted by molar-refractivity contribution is 8.00. The van der Waals surface area contributed by atoms with Crippen molar-refractivity contribution in [3.63, 3.8) is 0 Å². The maximum atomic E-state index is 13.8. The fourth-order valence-corrected chi connectivity index (χ4v) is 6.35. The van der Waals surface area contributed by atoms with Crippen LogP contribution < -0.4 is 5.32 Å². The minimum atomic E-state index is -0.707. The molecule has 2 aromatic rings. The molecule has 2 heterocycles. The molecule has 0 spiro atoms. The summed E-state index contributed by atoms with van der Waals surface area (Å²) in [7, 11) is 0. The second-order valence-corrected chi connectivity index (χ2v) is 10.7. The number of aliphatic imine (C=N–C) groups is 1. The molecule has 1 N–H and O–H groups in total. The number of allylic oxidation sites excluding steroid dienone is 3. The molecule has 2 atom stereocenters. The Bertz CT molecular complexity index is 1300. The predicted molar refractivity (Wildman–Crippen MR) is 153 cm³/mol. The lowest BCUT2D eigenvalue weighted by Crippen LogP contribution is -2.70. The molecule has 3 aliphatic rings. The molecule has 39 heavy (non-hydrogen) atoms. The third-order valence-corrected chi connectivity index (χ3v) is 8.28. The molecule has 200 valence electrons. The number of β-lactam (4-membered cyclic amide) rings is 1. The molecule has 0 saturated carbocycles. The second kappa shape index (κ2) is 12.3. The number of thioether (sulfide) groups is 1. The number of hydrogen-bond acceptors (Lipinski definition) is 6. The topological polar surface area (TPSA) is 88.1 Å². The van der Waals surface area contributed by atoms with Gasteiger partial charge in [-0.25, -0.2) is 4.79 Å².